The van der Waals surface area contributed by atoms with Gasteiger partial charge in [0.2, 0.25) is 0 Å². The van der Waals surface area contributed by atoms with Gasteiger partial charge in [-0.05, 0) is 50.8 Å². The van der Waals surface area contributed by atoms with Crippen molar-refractivity contribution in [3.8, 4) is 5.69 Å². The molecule has 1 aliphatic carbocycles. The second-order valence-corrected chi connectivity index (χ2v) is 7.10. The van der Waals surface area contributed by atoms with Gasteiger partial charge in [0.25, 0.3) is 5.91 Å². The van der Waals surface area contributed by atoms with Crippen LogP contribution in [-0.2, 0) is 12.8 Å². The number of hydrogen-bond donors (Lipinski definition) is 1. The number of hydrogen-bond acceptors (Lipinski definition) is 3. The summed E-state index contributed by atoms with van der Waals surface area (Å²) in [5.41, 5.74) is 3.78. The summed E-state index contributed by atoms with van der Waals surface area (Å²) in [4.78, 5) is 14.9. The summed E-state index contributed by atoms with van der Waals surface area (Å²) in [5, 5.41) is 7.90. The molecule has 140 valence electrons. The maximum atomic E-state index is 14.5. The first-order chi connectivity index (χ1) is 12.0. The van der Waals surface area contributed by atoms with Gasteiger partial charge in [0.1, 0.15) is 11.5 Å². The van der Waals surface area contributed by atoms with Crippen molar-refractivity contribution in [3.05, 3.63) is 46.5 Å². The smallest absolute Gasteiger partial charge is 0.274 e. The van der Waals surface area contributed by atoms with E-state index in [1.807, 2.05) is 17.9 Å². The third-order valence-electron chi connectivity index (χ3n) is 5.12. The normalized spacial score (nSPS) is 19.2. The summed E-state index contributed by atoms with van der Waals surface area (Å²) in [5.74, 6) is -0.329. The fraction of sp³-hybridized carbons (Fsp3) is 0.474. The Labute approximate surface area is 159 Å². The van der Waals surface area contributed by atoms with Crippen molar-refractivity contribution in [3.63, 3.8) is 0 Å². The quantitative estimate of drug-likeness (QED) is 0.874. The van der Waals surface area contributed by atoms with Gasteiger partial charge in [0.15, 0.2) is 5.69 Å². The zero-order valence-electron chi connectivity index (χ0n) is 15.1. The van der Waals surface area contributed by atoms with Gasteiger partial charge in [0.05, 0.1) is 0 Å². The number of fused-ring (bicyclic) bond motifs is 1. The van der Waals surface area contributed by atoms with Crippen molar-refractivity contribution in [1.82, 2.24) is 20.0 Å². The van der Waals surface area contributed by atoms with Crippen molar-refractivity contribution in [1.29, 1.82) is 0 Å². The molecule has 1 aromatic carbocycles. The lowest BCUT2D eigenvalue weighted by Gasteiger charge is -2.31. The average molecular weight is 379 g/mol. The Morgan fingerprint density at radius 2 is 2.15 bits per heavy atom. The first-order valence-electron chi connectivity index (χ1n) is 8.94. The Morgan fingerprint density at radius 3 is 2.88 bits per heavy atom. The number of halogens is 2. The molecule has 0 saturated carbocycles. The molecule has 1 atom stereocenters. The van der Waals surface area contributed by atoms with Crippen molar-refractivity contribution < 1.29 is 9.18 Å². The molecule has 1 unspecified atom stereocenters. The summed E-state index contributed by atoms with van der Waals surface area (Å²) in [6.45, 7) is 6.09. The second kappa shape index (κ2) is 7.37. The highest BCUT2D eigenvalue weighted by atomic mass is 35.5. The van der Waals surface area contributed by atoms with E-state index < -0.39 is 0 Å². The molecule has 0 spiro atoms. The number of benzene rings is 1. The first kappa shape index (κ1) is 18.9. The van der Waals surface area contributed by atoms with Gasteiger partial charge < -0.3 is 10.2 Å². The Balaban J connectivity index is 0.00000196. The molecule has 2 aromatic rings. The number of carbonyl (C=O) groups is 1. The minimum absolute atomic E-state index is 0. The zero-order valence-corrected chi connectivity index (χ0v) is 15.9. The molecule has 5 nitrogen and oxygen atoms in total. The SMILES string of the molecule is Cc1ccc(-n2nc(C(=O)N3CCNC(C)C3)c3c2CCC3)c(F)c1.Cl. The number of piperazine rings is 1. The van der Waals surface area contributed by atoms with Gasteiger partial charge in [-0.25, -0.2) is 9.07 Å². The molecular formula is C19H24ClFN4O. The largest absolute Gasteiger partial charge is 0.334 e. The van der Waals surface area contributed by atoms with E-state index in [0.717, 1.165) is 42.6 Å². The fourth-order valence-corrected chi connectivity index (χ4v) is 3.86. The molecule has 1 amide bonds. The van der Waals surface area contributed by atoms with Gasteiger partial charge >= 0.3 is 0 Å². The monoisotopic (exact) mass is 378 g/mol. The Hall–Kier alpha value is -1.92. The molecule has 0 radical (unpaired) electrons. The predicted molar refractivity (Wildman–Crippen MR) is 101 cm³/mol. The van der Waals surface area contributed by atoms with E-state index >= 15 is 0 Å². The molecule has 2 aliphatic rings. The van der Waals surface area contributed by atoms with E-state index in [0.29, 0.717) is 24.5 Å². The van der Waals surface area contributed by atoms with Gasteiger partial charge in [-0.3, -0.25) is 4.79 Å². The summed E-state index contributed by atoms with van der Waals surface area (Å²) < 4.78 is 16.1. The molecule has 4 rings (SSSR count). The van der Waals surface area contributed by atoms with Crippen molar-refractivity contribution >= 4 is 18.3 Å². The topological polar surface area (TPSA) is 50.2 Å². The molecule has 26 heavy (non-hydrogen) atoms. The lowest BCUT2D eigenvalue weighted by atomic mass is 10.1. The van der Waals surface area contributed by atoms with E-state index in [9.17, 15) is 9.18 Å². The van der Waals surface area contributed by atoms with E-state index in [1.165, 1.54) is 6.07 Å². The molecule has 7 heteroatoms. The maximum absolute atomic E-state index is 14.5. The van der Waals surface area contributed by atoms with Crippen molar-refractivity contribution in [2.24, 2.45) is 0 Å². The van der Waals surface area contributed by atoms with Crippen LogP contribution in [0.4, 0.5) is 4.39 Å². The molecule has 1 aliphatic heterocycles. The van der Waals surface area contributed by atoms with Crippen LogP contribution >= 0.6 is 12.4 Å². The standard InChI is InChI=1S/C19H23FN4O.ClH/c1-12-6-7-17(15(20)10-12)24-16-5-3-4-14(16)18(22-24)19(25)23-9-8-21-13(2)11-23;/h6-7,10,13,21H,3-5,8-9,11H2,1-2H3;1H. The maximum Gasteiger partial charge on any atom is 0.274 e. The van der Waals surface area contributed by atoms with E-state index in [4.69, 9.17) is 0 Å². The van der Waals surface area contributed by atoms with Crippen LogP contribution in [0, 0.1) is 12.7 Å². The molecular weight excluding hydrogens is 355 g/mol. The van der Waals surface area contributed by atoms with Gasteiger partial charge in [0, 0.05) is 36.9 Å². The Kier molecular flexibility index (Phi) is 5.34. The zero-order chi connectivity index (χ0) is 17.6. The second-order valence-electron chi connectivity index (χ2n) is 7.10. The molecule has 1 aromatic heterocycles. The van der Waals surface area contributed by atoms with Gasteiger partial charge in [-0.15, -0.1) is 12.4 Å². The number of amides is 1. The van der Waals surface area contributed by atoms with Crippen LogP contribution in [-0.4, -0.2) is 46.3 Å². The summed E-state index contributed by atoms with van der Waals surface area (Å²) in [6, 6.07) is 5.42. The molecule has 1 saturated heterocycles. The Morgan fingerprint density at radius 1 is 1.35 bits per heavy atom. The average Bonchev–Trinajstić information content (AvgIpc) is 3.17. The number of rotatable bonds is 2. The highest BCUT2D eigenvalue weighted by molar-refractivity contribution is 5.94. The minimum atomic E-state index is -0.299. The van der Waals surface area contributed by atoms with Crippen LogP contribution in [0.5, 0.6) is 0 Å². The minimum Gasteiger partial charge on any atom is -0.334 e. The molecule has 1 fully saturated rings. The lowest BCUT2D eigenvalue weighted by molar-refractivity contribution is 0.0701. The fourth-order valence-electron chi connectivity index (χ4n) is 3.86. The summed E-state index contributed by atoms with van der Waals surface area (Å²) in [7, 11) is 0. The van der Waals surface area contributed by atoms with Crippen LogP contribution in [0.2, 0.25) is 0 Å². The summed E-state index contributed by atoms with van der Waals surface area (Å²) in [6.07, 6.45) is 2.66. The lowest BCUT2D eigenvalue weighted by Crippen LogP contribution is -2.51. The van der Waals surface area contributed by atoms with Gasteiger partial charge in [-0.1, -0.05) is 6.07 Å². The predicted octanol–water partition coefficient (Wildman–Crippen LogP) is 2.66. The first-order valence-corrected chi connectivity index (χ1v) is 8.94. The highest BCUT2D eigenvalue weighted by Gasteiger charge is 2.31. The van der Waals surface area contributed by atoms with E-state index in [1.54, 1.807) is 10.7 Å². The molecule has 2 heterocycles. The van der Waals surface area contributed by atoms with Crippen molar-refractivity contribution in [2.45, 2.75) is 39.2 Å². The number of nitrogens with one attached hydrogen (secondary N) is 1. The molecule has 0 bridgehead atoms. The van der Waals surface area contributed by atoms with Crippen LogP contribution in [0.1, 0.15) is 40.7 Å². The third kappa shape index (κ3) is 3.23. The van der Waals surface area contributed by atoms with Crippen molar-refractivity contribution in [2.75, 3.05) is 19.6 Å². The van der Waals surface area contributed by atoms with Gasteiger partial charge in [-0.2, -0.15) is 5.10 Å². The van der Waals surface area contributed by atoms with Crippen LogP contribution < -0.4 is 5.32 Å². The van der Waals surface area contributed by atoms with E-state index in [2.05, 4.69) is 17.3 Å². The van der Waals surface area contributed by atoms with Crippen LogP contribution in [0.3, 0.4) is 0 Å². The highest BCUT2D eigenvalue weighted by Crippen LogP contribution is 2.29. The number of aromatic nitrogens is 2. The number of carbonyl (C=O) groups excluding carboxylic acids is 1. The Bertz CT molecular complexity index is 835. The molecule has 1 N–H and O–H groups in total. The third-order valence-corrected chi connectivity index (χ3v) is 5.12. The van der Waals surface area contributed by atoms with Crippen LogP contribution in [0.15, 0.2) is 18.2 Å². The number of aryl methyl sites for hydroxylation is 1. The van der Waals surface area contributed by atoms with Crippen LogP contribution in [0.25, 0.3) is 5.69 Å². The van der Waals surface area contributed by atoms with E-state index in [-0.39, 0.29) is 30.2 Å². The number of nitrogens with zero attached hydrogens (tertiary/aromatic N) is 3. The summed E-state index contributed by atoms with van der Waals surface area (Å²) >= 11 is 0.